The van der Waals surface area contributed by atoms with Crippen molar-refractivity contribution < 1.29 is 19.1 Å². The second-order valence-corrected chi connectivity index (χ2v) is 5.93. The molecule has 0 spiro atoms. The third kappa shape index (κ3) is 5.57. The monoisotopic (exact) mass is 333 g/mol. The van der Waals surface area contributed by atoms with E-state index in [-0.39, 0.29) is 12.5 Å². The van der Waals surface area contributed by atoms with Gasteiger partial charge in [-0.2, -0.15) is 0 Å². The lowest BCUT2D eigenvalue weighted by Gasteiger charge is -2.21. The molecule has 24 heavy (non-hydrogen) atoms. The molecule has 7 nitrogen and oxygen atoms in total. The summed E-state index contributed by atoms with van der Waals surface area (Å²) in [6.45, 7) is 3.19. The number of nitrogens with zero attached hydrogens (tertiary/aromatic N) is 1. The molecule has 0 aromatic heterocycles. The lowest BCUT2D eigenvalue weighted by atomic mass is 10.2. The van der Waals surface area contributed by atoms with Gasteiger partial charge in [-0.25, -0.2) is 9.59 Å². The van der Waals surface area contributed by atoms with Gasteiger partial charge in [0.1, 0.15) is 0 Å². The zero-order valence-corrected chi connectivity index (χ0v) is 13.8. The molecule has 1 aliphatic rings. The van der Waals surface area contributed by atoms with Crippen LogP contribution in [0, 0.1) is 5.92 Å². The number of esters is 1. The van der Waals surface area contributed by atoms with Crippen LogP contribution in [0.2, 0.25) is 0 Å². The molecule has 3 N–H and O–H groups in total. The van der Waals surface area contributed by atoms with Gasteiger partial charge in [0.15, 0.2) is 6.61 Å². The molecule has 1 aliphatic carbocycles. The van der Waals surface area contributed by atoms with Crippen LogP contribution in [-0.4, -0.2) is 42.5 Å². The molecule has 3 amide bonds. The van der Waals surface area contributed by atoms with Crippen molar-refractivity contribution in [3.63, 3.8) is 0 Å². The van der Waals surface area contributed by atoms with Crippen molar-refractivity contribution >= 4 is 23.6 Å². The zero-order chi connectivity index (χ0) is 17.5. The maximum absolute atomic E-state index is 12.2. The number of nitrogens with one attached hydrogen (secondary N) is 1. The largest absolute Gasteiger partial charge is 0.452 e. The molecule has 1 aromatic carbocycles. The van der Waals surface area contributed by atoms with Crippen LogP contribution < -0.4 is 11.1 Å². The summed E-state index contributed by atoms with van der Waals surface area (Å²) >= 11 is 0. The van der Waals surface area contributed by atoms with Crippen molar-refractivity contribution in [1.82, 2.24) is 4.90 Å². The van der Waals surface area contributed by atoms with Gasteiger partial charge in [0.2, 0.25) is 0 Å². The number of hydrogen-bond donors (Lipinski definition) is 2. The Morgan fingerprint density at radius 2 is 1.92 bits per heavy atom. The van der Waals surface area contributed by atoms with Crippen molar-refractivity contribution in [3.8, 4) is 0 Å². The van der Waals surface area contributed by atoms with Gasteiger partial charge in [0.25, 0.3) is 5.91 Å². The number of anilines is 1. The second kappa shape index (κ2) is 8.33. The van der Waals surface area contributed by atoms with Crippen LogP contribution in [0.15, 0.2) is 24.3 Å². The van der Waals surface area contributed by atoms with E-state index in [0.29, 0.717) is 23.7 Å². The molecule has 0 radical (unpaired) electrons. The van der Waals surface area contributed by atoms with E-state index in [1.165, 1.54) is 25.0 Å². The fourth-order valence-corrected chi connectivity index (χ4v) is 2.33. The minimum absolute atomic E-state index is 0.163. The number of carbonyl (C=O) groups excluding carboxylic acids is 3. The van der Waals surface area contributed by atoms with Gasteiger partial charge >= 0.3 is 12.0 Å². The van der Waals surface area contributed by atoms with Crippen molar-refractivity contribution in [1.29, 1.82) is 0 Å². The Labute approximate surface area is 141 Å². The summed E-state index contributed by atoms with van der Waals surface area (Å²) in [5.74, 6) is -0.137. The predicted octanol–water partition coefficient (Wildman–Crippen LogP) is 1.98. The van der Waals surface area contributed by atoms with E-state index < -0.39 is 12.0 Å². The van der Waals surface area contributed by atoms with Gasteiger partial charge in [-0.3, -0.25) is 4.79 Å². The number of primary amides is 1. The summed E-state index contributed by atoms with van der Waals surface area (Å²) in [5.41, 5.74) is 5.80. The lowest BCUT2D eigenvalue weighted by Crippen LogP contribution is -2.36. The Hall–Kier alpha value is -2.57. The van der Waals surface area contributed by atoms with Gasteiger partial charge in [0.05, 0.1) is 5.56 Å². The summed E-state index contributed by atoms with van der Waals surface area (Å²) in [6.07, 6.45) is 3.21. The first-order chi connectivity index (χ1) is 11.5. The first kappa shape index (κ1) is 17.8. The number of ether oxygens (including phenoxy) is 1. The number of nitrogens with two attached hydrogens (primary N) is 1. The highest BCUT2D eigenvalue weighted by Gasteiger charge is 2.26. The zero-order valence-electron chi connectivity index (χ0n) is 13.8. The number of hydrogen-bond acceptors (Lipinski definition) is 4. The predicted molar refractivity (Wildman–Crippen MR) is 89.5 cm³/mol. The molecule has 0 aliphatic heterocycles. The van der Waals surface area contributed by atoms with E-state index in [1.54, 1.807) is 17.0 Å². The Kier molecular flexibility index (Phi) is 6.17. The minimum Gasteiger partial charge on any atom is -0.452 e. The SMILES string of the molecule is CCCN(CC1CC1)C(=O)COC(=O)c1ccc(NC(N)=O)cc1. The number of rotatable bonds is 8. The standard InChI is InChI=1S/C17H23N3O4/c1-2-9-20(10-12-3-4-12)15(21)11-24-16(22)13-5-7-14(8-6-13)19-17(18)23/h5-8,12H,2-4,9-11H2,1H3,(H3,18,19,23). The van der Waals surface area contributed by atoms with Crippen LogP contribution in [0.1, 0.15) is 36.5 Å². The fraction of sp³-hybridized carbons (Fsp3) is 0.471. The van der Waals surface area contributed by atoms with Gasteiger partial charge in [0, 0.05) is 18.8 Å². The Morgan fingerprint density at radius 1 is 1.25 bits per heavy atom. The molecule has 1 aromatic rings. The molecule has 0 saturated heterocycles. The summed E-state index contributed by atoms with van der Waals surface area (Å²) < 4.78 is 5.10. The highest BCUT2D eigenvalue weighted by atomic mass is 16.5. The van der Waals surface area contributed by atoms with E-state index in [2.05, 4.69) is 5.32 Å². The molecule has 130 valence electrons. The molecule has 0 bridgehead atoms. The maximum Gasteiger partial charge on any atom is 0.338 e. The smallest absolute Gasteiger partial charge is 0.338 e. The highest BCUT2D eigenvalue weighted by Crippen LogP contribution is 2.29. The van der Waals surface area contributed by atoms with Gasteiger partial charge < -0.3 is 20.7 Å². The summed E-state index contributed by atoms with van der Waals surface area (Å²) in [4.78, 5) is 36.7. The number of amides is 3. The average Bonchev–Trinajstić information content (AvgIpc) is 3.36. The van der Waals surface area contributed by atoms with Crippen molar-refractivity contribution in [3.05, 3.63) is 29.8 Å². The van der Waals surface area contributed by atoms with E-state index in [4.69, 9.17) is 10.5 Å². The summed E-state index contributed by atoms with van der Waals surface area (Å²) in [7, 11) is 0. The van der Waals surface area contributed by atoms with Crippen molar-refractivity contribution in [2.75, 3.05) is 25.0 Å². The molecular formula is C17H23N3O4. The van der Waals surface area contributed by atoms with Crippen LogP contribution in [0.4, 0.5) is 10.5 Å². The lowest BCUT2D eigenvalue weighted by molar-refractivity contribution is -0.134. The second-order valence-electron chi connectivity index (χ2n) is 5.93. The van der Waals surface area contributed by atoms with E-state index in [9.17, 15) is 14.4 Å². The summed E-state index contributed by atoms with van der Waals surface area (Å²) in [6, 6.07) is 5.42. The third-order valence-corrected chi connectivity index (χ3v) is 3.74. The van der Waals surface area contributed by atoms with Gasteiger partial charge in [-0.1, -0.05) is 6.92 Å². The Morgan fingerprint density at radius 3 is 2.46 bits per heavy atom. The highest BCUT2D eigenvalue weighted by molar-refractivity contribution is 5.93. The Bertz CT molecular complexity index is 596. The number of benzene rings is 1. The number of carbonyl (C=O) groups is 3. The van der Waals surface area contributed by atoms with Gasteiger partial charge in [-0.15, -0.1) is 0 Å². The summed E-state index contributed by atoms with van der Waals surface area (Å²) in [5, 5.41) is 2.40. The minimum atomic E-state index is -0.678. The quantitative estimate of drug-likeness (QED) is 0.710. The van der Waals surface area contributed by atoms with Crippen LogP contribution >= 0.6 is 0 Å². The van der Waals surface area contributed by atoms with Crippen LogP contribution in [0.3, 0.4) is 0 Å². The van der Waals surface area contributed by atoms with E-state index >= 15 is 0 Å². The first-order valence-corrected chi connectivity index (χ1v) is 8.11. The van der Waals surface area contributed by atoms with Crippen LogP contribution in [-0.2, 0) is 9.53 Å². The van der Waals surface area contributed by atoms with E-state index in [1.807, 2.05) is 6.92 Å². The average molecular weight is 333 g/mol. The Balaban J connectivity index is 1.84. The van der Waals surface area contributed by atoms with Gasteiger partial charge in [-0.05, 0) is 49.4 Å². The van der Waals surface area contributed by atoms with Crippen molar-refractivity contribution in [2.24, 2.45) is 11.7 Å². The first-order valence-electron chi connectivity index (χ1n) is 8.11. The molecule has 2 rings (SSSR count). The molecule has 0 heterocycles. The maximum atomic E-state index is 12.2. The number of urea groups is 1. The molecular weight excluding hydrogens is 310 g/mol. The molecule has 1 fully saturated rings. The molecule has 7 heteroatoms. The van der Waals surface area contributed by atoms with Crippen molar-refractivity contribution in [2.45, 2.75) is 26.2 Å². The third-order valence-electron chi connectivity index (χ3n) is 3.74. The molecule has 0 atom stereocenters. The molecule has 0 unspecified atom stereocenters. The van der Waals surface area contributed by atoms with Crippen LogP contribution in [0.25, 0.3) is 0 Å². The van der Waals surface area contributed by atoms with E-state index in [0.717, 1.165) is 13.0 Å². The normalized spacial score (nSPS) is 13.2. The molecule has 1 saturated carbocycles. The topological polar surface area (TPSA) is 102 Å². The fourth-order valence-electron chi connectivity index (χ4n) is 2.33. The van der Waals surface area contributed by atoms with Crippen LogP contribution in [0.5, 0.6) is 0 Å².